The van der Waals surface area contributed by atoms with Gasteiger partial charge in [-0.1, -0.05) is 58.4 Å². The van der Waals surface area contributed by atoms with Crippen LogP contribution < -0.4 is 0 Å². The Balaban J connectivity index is 1.44. The molecule has 3 unspecified atom stereocenters. The molecule has 1 N–H and O–H groups in total. The molecule has 2 heterocycles. The molecule has 3 heteroatoms. The van der Waals surface area contributed by atoms with Gasteiger partial charge in [0, 0.05) is 23.1 Å². The first-order valence-corrected chi connectivity index (χ1v) is 9.74. The Morgan fingerprint density at radius 2 is 1.58 bits per heavy atom. The number of piperidine rings is 1. The van der Waals surface area contributed by atoms with Gasteiger partial charge in [0.15, 0.2) is 0 Å². The molecule has 0 spiro atoms. The fourth-order valence-corrected chi connectivity index (χ4v) is 4.82. The fraction of sp³-hybridized carbons (Fsp3) is 0.429. The summed E-state index contributed by atoms with van der Waals surface area (Å²) < 4.78 is 1.06. The molecule has 4 rings (SSSR count). The lowest BCUT2D eigenvalue weighted by Crippen LogP contribution is -2.44. The SMILES string of the molecule is OC(CN1C2CCC1CC(c1ccccc1)C2)c1ccc(Br)cc1. The highest BCUT2D eigenvalue weighted by Crippen LogP contribution is 2.43. The number of rotatable bonds is 4. The van der Waals surface area contributed by atoms with Crippen LogP contribution in [0.2, 0.25) is 0 Å². The van der Waals surface area contributed by atoms with Gasteiger partial charge in [-0.3, -0.25) is 4.90 Å². The van der Waals surface area contributed by atoms with Crippen LogP contribution in [0.3, 0.4) is 0 Å². The molecule has 2 nitrogen and oxygen atoms in total. The molecule has 2 aromatic rings. The van der Waals surface area contributed by atoms with Crippen molar-refractivity contribution >= 4 is 15.9 Å². The van der Waals surface area contributed by atoms with Crippen molar-refractivity contribution in [2.45, 2.75) is 49.8 Å². The van der Waals surface area contributed by atoms with Gasteiger partial charge in [-0.05, 0) is 54.9 Å². The lowest BCUT2D eigenvalue weighted by Gasteiger charge is -2.40. The normalized spacial score (nSPS) is 28.0. The zero-order chi connectivity index (χ0) is 16.5. The summed E-state index contributed by atoms with van der Waals surface area (Å²) in [4.78, 5) is 2.58. The third-order valence-corrected chi connectivity index (χ3v) is 6.32. The van der Waals surface area contributed by atoms with E-state index in [1.807, 2.05) is 24.3 Å². The standard InChI is InChI=1S/C21H24BrNO/c22-18-8-6-16(7-9-18)21(24)14-23-19-10-11-20(23)13-17(12-19)15-4-2-1-3-5-15/h1-9,17,19-21,24H,10-14H2. The quantitative estimate of drug-likeness (QED) is 0.809. The summed E-state index contributed by atoms with van der Waals surface area (Å²) >= 11 is 3.46. The monoisotopic (exact) mass is 385 g/mol. The summed E-state index contributed by atoms with van der Waals surface area (Å²) in [7, 11) is 0. The maximum Gasteiger partial charge on any atom is 0.0917 e. The van der Waals surface area contributed by atoms with Crippen molar-refractivity contribution in [2.75, 3.05) is 6.54 Å². The first-order chi connectivity index (χ1) is 11.7. The average molecular weight is 386 g/mol. The number of nitrogens with zero attached hydrogens (tertiary/aromatic N) is 1. The van der Waals surface area contributed by atoms with Crippen LogP contribution in [-0.2, 0) is 0 Å². The van der Waals surface area contributed by atoms with E-state index in [9.17, 15) is 5.11 Å². The van der Waals surface area contributed by atoms with Gasteiger partial charge in [0.05, 0.1) is 6.10 Å². The number of aliphatic hydroxyl groups excluding tert-OH is 1. The lowest BCUT2D eigenvalue weighted by molar-refractivity contribution is 0.0558. The molecule has 2 fully saturated rings. The van der Waals surface area contributed by atoms with Crippen molar-refractivity contribution in [3.8, 4) is 0 Å². The highest BCUT2D eigenvalue weighted by molar-refractivity contribution is 9.10. The van der Waals surface area contributed by atoms with Crippen molar-refractivity contribution in [1.29, 1.82) is 0 Å². The fourth-order valence-electron chi connectivity index (χ4n) is 4.56. The Morgan fingerprint density at radius 1 is 0.958 bits per heavy atom. The third-order valence-electron chi connectivity index (χ3n) is 5.79. The maximum absolute atomic E-state index is 10.7. The molecule has 0 aliphatic carbocycles. The first kappa shape index (κ1) is 16.3. The molecule has 126 valence electrons. The Kier molecular flexibility index (Phi) is 4.75. The Hall–Kier alpha value is -1.16. The Bertz CT molecular complexity index is 658. The molecule has 2 aliphatic rings. The molecule has 0 aromatic heterocycles. The van der Waals surface area contributed by atoms with Crippen molar-refractivity contribution < 1.29 is 5.11 Å². The second-order valence-corrected chi connectivity index (χ2v) is 8.14. The first-order valence-electron chi connectivity index (χ1n) is 8.95. The molecular formula is C21H24BrNO. The third kappa shape index (κ3) is 3.30. The van der Waals surface area contributed by atoms with Gasteiger partial charge in [-0.15, -0.1) is 0 Å². The van der Waals surface area contributed by atoms with Gasteiger partial charge in [0.2, 0.25) is 0 Å². The molecule has 0 radical (unpaired) electrons. The maximum atomic E-state index is 10.7. The van der Waals surface area contributed by atoms with Crippen LogP contribution in [0.25, 0.3) is 0 Å². The number of fused-ring (bicyclic) bond motifs is 2. The molecule has 0 saturated carbocycles. The highest BCUT2D eigenvalue weighted by Gasteiger charge is 2.41. The van der Waals surface area contributed by atoms with E-state index in [2.05, 4.69) is 51.2 Å². The van der Waals surface area contributed by atoms with E-state index >= 15 is 0 Å². The second kappa shape index (κ2) is 6.99. The van der Waals surface area contributed by atoms with Gasteiger partial charge >= 0.3 is 0 Å². The van der Waals surface area contributed by atoms with Gasteiger partial charge in [-0.25, -0.2) is 0 Å². The summed E-state index contributed by atoms with van der Waals surface area (Å²) in [5.41, 5.74) is 2.50. The van der Waals surface area contributed by atoms with E-state index in [1.165, 1.54) is 31.2 Å². The van der Waals surface area contributed by atoms with E-state index in [-0.39, 0.29) is 0 Å². The molecule has 24 heavy (non-hydrogen) atoms. The van der Waals surface area contributed by atoms with Crippen LogP contribution in [0.4, 0.5) is 0 Å². The number of benzene rings is 2. The number of hydrogen-bond donors (Lipinski definition) is 1. The van der Waals surface area contributed by atoms with Crippen LogP contribution in [0.5, 0.6) is 0 Å². The number of aliphatic hydroxyl groups is 1. The molecule has 2 aliphatic heterocycles. The molecule has 2 aromatic carbocycles. The van der Waals surface area contributed by atoms with Crippen LogP contribution in [0.1, 0.15) is 48.8 Å². The summed E-state index contributed by atoms with van der Waals surface area (Å²) in [6.45, 7) is 0.762. The smallest absolute Gasteiger partial charge is 0.0917 e. The highest BCUT2D eigenvalue weighted by atomic mass is 79.9. The van der Waals surface area contributed by atoms with Gasteiger partial charge < -0.3 is 5.11 Å². The van der Waals surface area contributed by atoms with E-state index in [1.54, 1.807) is 0 Å². The Morgan fingerprint density at radius 3 is 2.21 bits per heavy atom. The van der Waals surface area contributed by atoms with Crippen LogP contribution in [0, 0.1) is 0 Å². The van der Waals surface area contributed by atoms with Crippen LogP contribution in [0.15, 0.2) is 59.1 Å². The zero-order valence-electron chi connectivity index (χ0n) is 13.8. The van der Waals surface area contributed by atoms with Gasteiger partial charge in [0.25, 0.3) is 0 Å². The van der Waals surface area contributed by atoms with Crippen molar-refractivity contribution in [1.82, 2.24) is 4.90 Å². The van der Waals surface area contributed by atoms with Crippen molar-refractivity contribution in [3.05, 3.63) is 70.2 Å². The molecule has 3 atom stereocenters. The van der Waals surface area contributed by atoms with Crippen LogP contribution in [-0.4, -0.2) is 28.6 Å². The summed E-state index contributed by atoms with van der Waals surface area (Å²) in [6.07, 6.45) is 4.62. The zero-order valence-corrected chi connectivity index (χ0v) is 15.4. The minimum atomic E-state index is -0.394. The van der Waals surface area contributed by atoms with E-state index in [0.29, 0.717) is 18.0 Å². The number of hydrogen-bond acceptors (Lipinski definition) is 2. The minimum Gasteiger partial charge on any atom is -0.387 e. The Labute approximate surface area is 152 Å². The molecular weight excluding hydrogens is 362 g/mol. The molecule has 0 amide bonds. The van der Waals surface area contributed by atoms with E-state index in [4.69, 9.17) is 0 Å². The van der Waals surface area contributed by atoms with Crippen LogP contribution >= 0.6 is 15.9 Å². The summed E-state index contributed by atoms with van der Waals surface area (Å²) in [5, 5.41) is 10.7. The average Bonchev–Trinajstić information content (AvgIpc) is 2.84. The van der Waals surface area contributed by atoms with Gasteiger partial charge in [-0.2, -0.15) is 0 Å². The number of halogens is 1. The van der Waals surface area contributed by atoms with E-state index in [0.717, 1.165) is 16.6 Å². The van der Waals surface area contributed by atoms with Crippen molar-refractivity contribution in [3.63, 3.8) is 0 Å². The topological polar surface area (TPSA) is 23.5 Å². The van der Waals surface area contributed by atoms with Crippen molar-refractivity contribution in [2.24, 2.45) is 0 Å². The minimum absolute atomic E-state index is 0.394. The molecule has 2 saturated heterocycles. The predicted octanol–water partition coefficient (Wildman–Crippen LogP) is 4.89. The molecule has 2 bridgehead atoms. The van der Waals surface area contributed by atoms with Gasteiger partial charge in [0.1, 0.15) is 0 Å². The summed E-state index contributed by atoms with van der Waals surface area (Å²) in [5.74, 6) is 0.685. The summed E-state index contributed by atoms with van der Waals surface area (Å²) in [6, 6.07) is 20.3. The predicted molar refractivity (Wildman–Crippen MR) is 101 cm³/mol. The lowest BCUT2D eigenvalue weighted by atomic mass is 9.85. The largest absolute Gasteiger partial charge is 0.387 e. The second-order valence-electron chi connectivity index (χ2n) is 7.23. The van der Waals surface area contributed by atoms with E-state index < -0.39 is 6.10 Å².